The topological polar surface area (TPSA) is 176 Å². The van der Waals surface area contributed by atoms with Gasteiger partial charge in [0, 0.05) is 18.2 Å². The molecule has 0 bridgehead atoms. The molecule has 3 unspecified atom stereocenters. The van der Waals surface area contributed by atoms with Crippen LogP contribution in [0, 0.1) is 6.92 Å². The summed E-state index contributed by atoms with van der Waals surface area (Å²) in [5, 5.41) is 10.5. The highest BCUT2D eigenvalue weighted by atomic mass is 31.1. The summed E-state index contributed by atoms with van der Waals surface area (Å²) in [5.74, 6) is -1.43. The van der Waals surface area contributed by atoms with Crippen molar-refractivity contribution in [2.45, 2.75) is 77.7 Å². The molecule has 0 amide bonds. The van der Waals surface area contributed by atoms with Crippen molar-refractivity contribution < 1.29 is 42.8 Å². The van der Waals surface area contributed by atoms with E-state index in [4.69, 9.17) is 23.6 Å². The van der Waals surface area contributed by atoms with Gasteiger partial charge in [-0.25, -0.2) is 9.59 Å². The average Bonchev–Trinajstić information content (AvgIpc) is 3.27. The van der Waals surface area contributed by atoms with Crippen molar-refractivity contribution in [2.24, 2.45) is 0 Å². The van der Waals surface area contributed by atoms with Gasteiger partial charge in [0.1, 0.15) is 23.8 Å². The van der Waals surface area contributed by atoms with E-state index in [9.17, 15) is 28.8 Å². The molecule has 2 aromatic rings. The van der Waals surface area contributed by atoms with E-state index in [1.807, 2.05) is 0 Å². The molecule has 0 saturated carbocycles. The number of hydroxylamine groups is 1. The van der Waals surface area contributed by atoms with Crippen LogP contribution in [-0.4, -0.2) is 68.5 Å². The van der Waals surface area contributed by atoms with E-state index in [1.54, 1.807) is 44.2 Å². The highest BCUT2D eigenvalue weighted by Crippen LogP contribution is 2.35. The first-order chi connectivity index (χ1) is 18.9. The smallest absolute Gasteiger partial charge is 0.460 e. The Kier molecular flexibility index (Phi) is 10.7. The summed E-state index contributed by atoms with van der Waals surface area (Å²) in [6.07, 6.45) is -3.29. The van der Waals surface area contributed by atoms with Crippen LogP contribution in [0.3, 0.4) is 0 Å². The molecule has 1 fully saturated rings. The van der Waals surface area contributed by atoms with Crippen LogP contribution in [0.15, 0.2) is 46.1 Å². The van der Waals surface area contributed by atoms with Gasteiger partial charge in [-0.1, -0.05) is 18.2 Å². The van der Waals surface area contributed by atoms with E-state index in [1.165, 1.54) is 27.0 Å². The van der Waals surface area contributed by atoms with Gasteiger partial charge in [-0.2, -0.15) is 0 Å². The largest absolute Gasteiger partial charge is 0.653 e. The van der Waals surface area contributed by atoms with E-state index in [2.05, 4.69) is 4.98 Å². The number of aromatic amines is 1. The Hall–Kier alpha value is -3.42. The molecule has 1 aliphatic heterocycles. The fraction of sp³-hybridized carbons (Fsp3) is 0.520. The molecule has 0 radical (unpaired) electrons. The predicted molar refractivity (Wildman–Crippen MR) is 139 cm³/mol. The molecular weight excluding hydrogens is 549 g/mol. The third-order valence-electron chi connectivity index (χ3n) is 5.76. The Morgan fingerprint density at radius 1 is 1.15 bits per heavy atom. The molecule has 1 aliphatic rings. The first-order valence-corrected chi connectivity index (χ1v) is 13.7. The molecule has 1 saturated heterocycles. The highest BCUT2D eigenvalue weighted by molar-refractivity contribution is 7.36. The van der Waals surface area contributed by atoms with Gasteiger partial charge in [-0.05, 0) is 51.3 Å². The van der Waals surface area contributed by atoms with Crippen LogP contribution in [0.2, 0.25) is 0 Å². The zero-order valence-corrected chi connectivity index (χ0v) is 23.6. The zero-order valence-electron chi connectivity index (χ0n) is 22.7. The number of aliphatic hydroxyl groups excluding tert-OH is 1. The summed E-state index contributed by atoms with van der Waals surface area (Å²) in [5.41, 5.74) is -0.961. The third kappa shape index (κ3) is 8.05. The van der Waals surface area contributed by atoms with E-state index in [0.717, 1.165) is 9.40 Å². The molecule has 1 aromatic carbocycles. The number of nitrogens with one attached hydrogen (secondary N) is 1. The first-order valence-electron chi connectivity index (χ1n) is 12.6. The standard InChI is InChI=1S/C25H32N3O11P/c1-14(2)36-24(32)17(5)37-23(31)16(4)28(39-18-9-7-6-8-10-18)40(34)35-13-20-19(29)11-21(38-20)27-12-15(3)22(30)26-25(27)33/h6-10,12,14,16-17,19-21,29H,11,13H2,1-5H3/p+1/t16?,17?,19-,20+,21+/m0/s1. The number of nitrogens with zero attached hydrogens (tertiary/aromatic N) is 2. The van der Waals surface area contributed by atoms with Crippen LogP contribution in [0.1, 0.15) is 45.9 Å². The number of ether oxygens (including phenoxy) is 3. The normalized spacial score (nSPS) is 20.7. The van der Waals surface area contributed by atoms with Crippen molar-refractivity contribution in [3.05, 3.63) is 62.9 Å². The summed E-state index contributed by atoms with van der Waals surface area (Å²) >= 11 is 0. The highest BCUT2D eigenvalue weighted by Gasteiger charge is 2.46. The number of hydrogen-bond donors (Lipinski definition) is 2. The summed E-state index contributed by atoms with van der Waals surface area (Å²) in [7, 11) is -2.88. The number of aliphatic hydroxyl groups is 1. The number of H-pyrrole nitrogens is 1. The van der Waals surface area contributed by atoms with Crippen molar-refractivity contribution >= 4 is 20.1 Å². The number of aryl methyl sites for hydroxylation is 1. The lowest BCUT2D eigenvalue weighted by Crippen LogP contribution is -2.41. The summed E-state index contributed by atoms with van der Waals surface area (Å²) < 4.78 is 35.8. The van der Waals surface area contributed by atoms with Crippen molar-refractivity contribution in [3.8, 4) is 5.75 Å². The van der Waals surface area contributed by atoms with E-state index < -0.39 is 74.7 Å². The van der Waals surface area contributed by atoms with Gasteiger partial charge in [0.05, 0.1) is 12.2 Å². The molecule has 218 valence electrons. The Labute approximate surface area is 230 Å². The number of carbonyl (C=O) groups excluding carboxylic acids is 2. The lowest BCUT2D eigenvalue weighted by Gasteiger charge is -2.20. The molecule has 1 aromatic heterocycles. The maximum atomic E-state index is 13.2. The predicted octanol–water partition coefficient (Wildman–Crippen LogP) is 1.74. The minimum atomic E-state index is -2.88. The fourth-order valence-electron chi connectivity index (χ4n) is 3.61. The van der Waals surface area contributed by atoms with Gasteiger partial charge in [-0.3, -0.25) is 19.1 Å². The van der Waals surface area contributed by atoms with Gasteiger partial charge in [0.25, 0.3) is 5.56 Å². The van der Waals surface area contributed by atoms with Gasteiger partial charge >= 0.3 is 25.8 Å². The lowest BCUT2D eigenvalue weighted by atomic mass is 10.2. The van der Waals surface area contributed by atoms with E-state index in [0.29, 0.717) is 0 Å². The van der Waals surface area contributed by atoms with Gasteiger partial charge in [0.15, 0.2) is 17.9 Å². The van der Waals surface area contributed by atoms with Crippen molar-refractivity contribution in [2.75, 3.05) is 6.61 Å². The van der Waals surface area contributed by atoms with Crippen LogP contribution in [0.5, 0.6) is 5.75 Å². The molecule has 0 aliphatic carbocycles. The number of benzene rings is 1. The molecule has 2 heterocycles. The molecule has 2 N–H and O–H groups in total. The average molecular weight is 583 g/mol. The Morgan fingerprint density at radius 3 is 2.48 bits per heavy atom. The fourth-order valence-corrected chi connectivity index (χ4v) is 4.54. The maximum Gasteiger partial charge on any atom is 0.653 e. The van der Waals surface area contributed by atoms with Crippen molar-refractivity contribution in [3.63, 3.8) is 0 Å². The zero-order chi connectivity index (χ0) is 29.6. The summed E-state index contributed by atoms with van der Waals surface area (Å²) in [4.78, 5) is 57.4. The van der Waals surface area contributed by atoms with E-state index >= 15 is 0 Å². The molecule has 14 nitrogen and oxygen atoms in total. The second-order valence-electron chi connectivity index (χ2n) is 9.39. The molecule has 3 rings (SSSR count). The number of hydrogen-bond acceptors (Lipinski definition) is 11. The second kappa shape index (κ2) is 13.8. The van der Waals surface area contributed by atoms with Crippen LogP contribution in [0.4, 0.5) is 0 Å². The summed E-state index contributed by atoms with van der Waals surface area (Å²) in [6.45, 7) is 7.13. The number of aromatic nitrogens is 2. The number of carbonyl (C=O) groups is 2. The SMILES string of the molecule is Cc1cn([C@H]2C[C@H](O)[C@@H](CO[P+](=O)N(Oc3ccccc3)C(C)C(=O)OC(C)C(=O)OC(C)C)O2)c(=O)[nH]c1=O. The van der Waals surface area contributed by atoms with E-state index in [-0.39, 0.29) is 17.7 Å². The summed E-state index contributed by atoms with van der Waals surface area (Å²) in [6, 6.07) is 6.89. The van der Waals surface area contributed by atoms with Gasteiger partial charge < -0.3 is 24.2 Å². The van der Waals surface area contributed by atoms with Crippen molar-refractivity contribution in [1.29, 1.82) is 0 Å². The monoisotopic (exact) mass is 582 g/mol. The van der Waals surface area contributed by atoms with Crippen LogP contribution in [0.25, 0.3) is 0 Å². The quantitative estimate of drug-likeness (QED) is 0.211. The molecule has 15 heteroatoms. The minimum Gasteiger partial charge on any atom is -0.460 e. The van der Waals surface area contributed by atoms with Crippen LogP contribution >= 0.6 is 8.18 Å². The lowest BCUT2D eigenvalue weighted by molar-refractivity contribution is -0.174. The second-order valence-corrected chi connectivity index (χ2v) is 10.5. The Morgan fingerprint density at radius 2 is 1.82 bits per heavy atom. The number of esters is 2. The molecular formula is C25H33N3O11P+. The number of rotatable bonds is 12. The van der Waals surface area contributed by atoms with Crippen LogP contribution < -0.4 is 16.1 Å². The number of para-hydroxylation sites is 1. The first kappa shape index (κ1) is 31.1. The molecule has 0 spiro atoms. The third-order valence-corrected chi connectivity index (χ3v) is 6.88. The Bertz CT molecular complexity index is 1310. The van der Waals surface area contributed by atoms with Gasteiger partial charge in [-0.15, -0.1) is 4.52 Å². The molecule has 40 heavy (non-hydrogen) atoms. The molecule has 6 atom stereocenters. The maximum absolute atomic E-state index is 13.2. The van der Waals surface area contributed by atoms with Crippen LogP contribution in [-0.2, 0) is 32.9 Å². The van der Waals surface area contributed by atoms with Gasteiger partial charge in [0.2, 0.25) is 0 Å². The minimum absolute atomic E-state index is 0.00746. The Balaban J connectivity index is 1.69. The van der Waals surface area contributed by atoms with Crippen molar-refractivity contribution in [1.82, 2.24) is 14.4 Å².